The number of nitrogens with one attached hydrogen (secondary N) is 2. The lowest BCUT2D eigenvalue weighted by atomic mass is 9.83. The van der Waals surface area contributed by atoms with Crippen LogP contribution in [0.5, 0.6) is 0 Å². The SMILES string of the molecule is COCCNc1nc(SC)nc2c1cnn2CCNC(=O)C1(c2cccs2)CCCC1. The molecule has 3 aromatic heterocycles. The van der Waals surface area contributed by atoms with Crippen LogP contribution in [0.15, 0.2) is 28.9 Å². The normalized spacial score (nSPS) is 15.4. The van der Waals surface area contributed by atoms with Crippen molar-refractivity contribution in [3.05, 3.63) is 28.6 Å². The van der Waals surface area contributed by atoms with E-state index >= 15 is 0 Å². The quantitative estimate of drug-likeness (QED) is 0.272. The number of ether oxygens (including phenoxy) is 1. The molecule has 0 spiro atoms. The predicted octanol–water partition coefficient (Wildman–Crippen LogP) is 3.30. The van der Waals surface area contributed by atoms with E-state index in [9.17, 15) is 4.79 Å². The summed E-state index contributed by atoms with van der Waals surface area (Å²) >= 11 is 3.17. The number of hydrogen-bond acceptors (Lipinski definition) is 8. The second kappa shape index (κ2) is 9.97. The minimum Gasteiger partial charge on any atom is -0.383 e. The van der Waals surface area contributed by atoms with Gasteiger partial charge in [0.25, 0.3) is 0 Å². The Morgan fingerprint density at radius 1 is 1.32 bits per heavy atom. The van der Waals surface area contributed by atoms with E-state index in [0.717, 1.165) is 42.5 Å². The summed E-state index contributed by atoms with van der Waals surface area (Å²) in [5, 5.41) is 14.6. The van der Waals surface area contributed by atoms with Crippen LogP contribution in [0.25, 0.3) is 11.0 Å². The molecule has 3 aromatic rings. The lowest BCUT2D eigenvalue weighted by Gasteiger charge is -2.26. The fourth-order valence-electron chi connectivity index (χ4n) is 4.16. The Morgan fingerprint density at radius 2 is 2.16 bits per heavy atom. The summed E-state index contributed by atoms with van der Waals surface area (Å²) in [5.74, 6) is 0.884. The highest BCUT2D eigenvalue weighted by Gasteiger charge is 2.43. The van der Waals surface area contributed by atoms with Crippen molar-refractivity contribution in [2.24, 2.45) is 0 Å². The van der Waals surface area contributed by atoms with Gasteiger partial charge in [-0.3, -0.25) is 4.79 Å². The van der Waals surface area contributed by atoms with Gasteiger partial charge in [0.05, 0.1) is 30.1 Å². The average Bonchev–Trinajstić information content (AvgIpc) is 3.54. The maximum Gasteiger partial charge on any atom is 0.231 e. The van der Waals surface area contributed by atoms with Crippen LogP contribution in [-0.4, -0.2) is 58.7 Å². The fourth-order valence-corrected chi connectivity index (χ4v) is 5.50. The average molecular weight is 461 g/mol. The smallest absolute Gasteiger partial charge is 0.231 e. The van der Waals surface area contributed by atoms with E-state index in [1.165, 1.54) is 16.6 Å². The first-order valence-electron chi connectivity index (χ1n) is 10.5. The van der Waals surface area contributed by atoms with Gasteiger partial charge in [-0.25, -0.2) is 14.6 Å². The van der Waals surface area contributed by atoms with Crippen LogP contribution in [0.3, 0.4) is 0 Å². The van der Waals surface area contributed by atoms with Crippen molar-refractivity contribution < 1.29 is 9.53 Å². The number of thioether (sulfide) groups is 1. The second-order valence-electron chi connectivity index (χ2n) is 7.61. The van der Waals surface area contributed by atoms with Crippen molar-refractivity contribution in [2.45, 2.75) is 42.8 Å². The Kier molecular flexibility index (Phi) is 7.09. The van der Waals surface area contributed by atoms with Gasteiger partial charge in [0, 0.05) is 25.1 Å². The first-order valence-corrected chi connectivity index (χ1v) is 12.6. The summed E-state index contributed by atoms with van der Waals surface area (Å²) in [6.07, 6.45) is 7.77. The summed E-state index contributed by atoms with van der Waals surface area (Å²) in [4.78, 5) is 23.6. The number of hydrogen-bond donors (Lipinski definition) is 2. The first kappa shape index (κ1) is 22.0. The van der Waals surface area contributed by atoms with Gasteiger partial charge < -0.3 is 15.4 Å². The molecule has 0 bridgehead atoms. The lowest BCUT2D eigenvalue weighted by Crippen LogP contribution is -2.43. The molecule has 1 amide bonds. The molecule has 10 heteroatoms. The third-order valence-corrected chi connectivity index (χ3v) is 7.37. The van der Waals surface area contributed by atoms with Gasteiger partial charge in [-0.1, -0.05) is 30.7 Å². The zero-order chi connectivity index (χ0) is 21.7. The molecule has 0 unspecified atom stereocenters. The molecule has 0 atom stereocenters. The van der Waals surface area contributed by atoms with Gasteiger partial charge in [0.2, 0.25) is 5.91 Å². The van der Waals surface area contributed by atoms with E-state index < -0.39 is 0 Å². The molecule has 166 valence electrons. The molecule has 0 aromatic carbocycles. The van der Waals surface area contributed by atoms with Crippen molar-refractivity contribution >= 4 is 45.9 Å². The van der Waals surface area contributed by atoms with E-state index in [0.29, 0.717) is 31.4 Å². The minimum absolute atomic E-state index is 0.130. The second-order valence-corrected chi connectivity index (χ2v) is 9.33. The van der Waals surface area contributed by atoms with Gasteiger partial charge in [0.15, 0.2) is 10.8 Å². The van der Waals surface area contributed by atoms with Crippen molar-refractivity contribution in [1.29, 1.82) is 0 Å². The van der Waals surface area contributed by atoms with E-state index in [4.69, 9.17) is 4.74 Å². The Hall–Kier alpha value is -2.17. The molecule has 1 saturated carbocycles. The summed E-state index contributed by atoms with van der Waals surface area (Å²) < 4.78 is 6.96. The number of nitrogens with zero attached hydrogens (tertiary/aromatic N) is 4. The number of carbonyl (C=O) groups excluding carboxylic acids is 1. The van der Waals surface area contributed by atoms with Gasteiger partial charge in [-0.15, -0.1) is 11.3 Å². The minimum atomic E-state index is -0.368. The molecule has 0 aliphatic heterocycles. The zero-order valence-electron chi connectivity index (χ0n) is 17.9. The van der Waals surface area contributed by atoms with Gasteiger partial charge >= 0.3 is 0 Å². The topological polar surface area (TPSA) is 94.0 Å². The third-order valence-electron chi connectivity index (χ3n) is 5.75. The number of rotatable bonds is 10. The Bertz CT molecular complexity index is 1010. The maximum absolute atomic E-state index is 13.2. The number of thiophene rings is 1. The summed E-state index contributed by atoms with van der Waals surface area (Å²) in [6, 6.07) is 4.13. The van der Waals surface area contributed by atoms with Crippen LogP contribution < -0.4 is 10.6 Å². The Labute approximate surface area is 190 Å². The van der Waals surface area contributed by atoms with E-state index in [2.05, 4.69) is 37.1 Å². The molecular weight excluding hydrogens is 432 g/mol. The maximum atomic E-state index is 13.2. The zero-order valence-corrected chi connectivity index (χ0v) is 19.5. The van der Waals surface area contributed by atoms with Crippen LogP contribution in [0.1, 0.15) is 30.6 Å². The molecular formula is C21H28N6O2S2. The molecule has 1 fully saturated rings. The Morgan fingerprint density at radius 3 is 2.87 bits per heavy atom. The monoisotopic (exact) mass is 460 g/mol. The van der Waals surface area contributed by atoms with E-state index in [-0.39, 0.29) is 11.3 Å². The molecule has 4 rings (SSSR count). The number of amides is 1. The molecule has 31 heavy (non-hydrogen) atoms. The number of carbonyl (C=O) groups is 1. The number of aromatic nitrogens is 4. The lowest BCUT2D eigenvalue weighted by molar-refractivity contribution is -0.126. The fraction of sp³-hybridized carbons (Fsp3) is 0.524. The van der Waals surface area contributed by atoms with E-state index in [1.54, 1.807) is 24.6 Å². The number of anilines is 1. The molecule has 8 nitrogen and oxygen atoms in total. The van der Waals surface area contributed by atoms with Crippen molar-refractivity contribution in [2.75, 3.05) is 38.4 Å². The van der Waals surface area contributed by atoms with Crippen LogP contribution in [0.4, 0.5) is 5.82 Å². The molecule has 0 saturated heterocycles. The summed E-state index contributed by atoms with van der Waals surface area (Å²) in [5.41, 5.74) is 0.398. The van der Waals surface area contributed by atoms with Crippen molar-refractivity contribution in [3.8, 4) is 0 Å². The highest BCUT2D eigenvalue weighted by Crippen LogP contribution is 2.43. The third kappa shape index (κ3) is 4.56. The molecule has 1 aliphatic carbocycles. The largest absolute Gasteiger partial charge is 0.383 e. The van der Waals surface area contributed by atoms with Crippen LogP contribution in [0, 0.1) is 0 Å². The van der Waals surface area contributed by atoms with E-state index in [1.807, 2.05) is 17.0 Å². The molecule has 0 radical (unpaired) electrons. The van der Waals surface area contributed by atoms with Gasteiger partial charge in [0.1, 0.15) is 5.82 Å². The van der Waals surface area contributed by atoms with Crippen molar-refractivity contribution in [3.63, 3.8) is 0 Å². The first-order chi connectivity index (χ1) is 15.2. The highest BCUT2D eigenvalue weighted by molar-refractivity contribution is 7.98. The summed E-state index contributed by atoms with van der Waals surface area (Å²) in [6.45, 7) is 2.31. The molecule has 3 heterocycles. The summed E-state index contributed by atoms with van der Waals surface area (Å²) in [7, 11) is 1.67. The van der Waals surface area contributed by atoms with Gasteiger partial charge in [-0.2, -0.15) is 5.10 Å². The standard InChI is InChI=1S/C21H28N6O2S2/c1-29-12-10-22-17-15-14-24-27(18(15)26-20(25-17)30-2)11-9-23-19(28)21(7-3-4-8-21)16-6-5-13-31-16/h5-6,13-14H,3-4,7-12H2,1-2H3,(H,23,28)(H,22,25,26). The number of methoxy groups -OCH3 is 1. The van der Waals surface area contributed by atoms with Crippen LogP contribution in [-0.2, 0) is 21.5 Å². The Balaban J connectivity index is 1.46. The number of fused-ring (bicyclic) bond motifs is 1. The van der Waals surface area contributed by atoms with Crippen LogP contribution >= 0.6 is 23.1 Å². The van der Waals surface area contributed by atoms with Gasteiger partial charge in [-0.05, 0) is 30.5 Å². The molecule has 1 aliphatic rings. The van der Waals surface area contributed by atoms with Crippen molar-refractivity contribution in [1.82, 2.24) is 25.1 Å². The van der Waals surface area contributed by atoms with Crippen LogP contribution in [0.2, 0.25) is 0 Å². The highest BCUT2D eigenvalue weighted by atomic mass is 32.2. The predicted molar refractivity (Wildman–Crippen MR) is 125 cm³/mol. The molecule has 2 N–H and O–H groups in total.